The van der Waals surface area contributed by atoms with Crippen LogP contribution in [0, 0.1) is 6.92 Å². The van der Waals surface area contributed by atoms with Gasteiger partial charge in [-0.2, -0.15) is 5.10 Å². The van der Waals surface area contributed by atoms with Gasteiger partial charge in [0.05, 0.1) is 19.4 Å². The molecule has 7 heteroatoms. The maximum atomic E-state index is 12.1. The number of benzene rings is 1. The molecule has 1 fully saturated rings. The fourth-order valence-corrected chi connectivity index (χ4v) is 3.15. The second-order valence-corrected chi connectivity index (χ2v) is 6.90. The van der Waals surface area contributed by atoms with Gasteiger partial charge in [-0.05, 0) is 30.0 Å². The largest absolute Gasteiger partial charge is 0.379 e. The highest BCUT2D eigenvalue weighted by Gasteiger charge is 2.13. The summed E-state index contributed by atoms with van der Waals surface area (Å²) in [5.41, 5.74) is 3.57. The molecule has 0 atom stereocenters. The number of hydrogen-bond donors (Lipinski definition) is 2. The van der Waals surface area contributed by atoms with E-state index in [-0.39, 0.29) is 6.03 Å². The summed E-state index contributed by atoms with van der Waals surface area (Å²) in [6, 6.07) is 8.15. The fraction of sp³-hybridized carbons (Fsp3) is 0.500. The highest BCUT2D eigenvalue weighted by Crippen LogP contribution is 2.13. The van der Waals surface area contributed by atoms with Crippen LogP contribution < -0.4 is 10.6 Å². The van der Waals surface area contributed by atoms with Crippen LogP contribution in [0.15, 0.2) is 36.7 Å². The third-order valence-corrected chi connectivity index (χ3v) is 4.67. The molecule has 1 aliphatic heterocycles. The van der Waals surface area contributed by atoms with Crippen molar-refractivity contribution in [3.05, 3.63) is 53.3 Å². The van der Waals surface area contributed by atoms with E-state index in [9.17, 15) is 4.79 Å². The standard InChI is InChI=1S/C20H29N5O2/c1-17-13-23-25(15-17)8-4-7-21-20(26)22-14-18-5-2-3-6-19(18)16-24-9-11-27-12-10-24/h2-3,5-6,13,15H,4,7-12,14,16H2,1H3,(H2,21,22,26). The van der Waals surface area contributed by atoms with E-state index in [0.29, 0.717) is 13.1 Å². The Morgan fingerprint density at radius 1 is 1.19 bits per heavy atom. The monoisotopic (exact) mass is 371 g/mol. The molecule has 2 heterocycles. The van der Waals surface area contributed by atoms with Gasteiger partial charge in [-0.1, -0.05) is 24.3 Å². The Bertz CT molecular complexity index is 725. The van der Waals surface area contributed by atoms with Crippen molar-refractivity contribution < 1.29 is 9.53 Å². The number of amides is 2. The van der Waals surface area contributed by atoms with Gasteiger partial charge in [-0.15, -0.1) is 0 Å². The summed E-state index contributed by atoms with van der Waals surface area (Å²) in [6.07, 6.45) is 4.70. The Morgan fingerprint density at radius 3 is 2.70 bits per heavy atom. The molecule has 0 spiro atoms. The molecule has 1 aromatic carbocycles. The molecule has 1 aromatic heterocycles. The molecule has 0 unspecified atom stereocenters. The minimum absolute atomic E-state index is 0.132. The summed E-state index contributed by atoms with van der Waals surface area (Å²) in [5.74, 6) is 0. The maximum absolute atomic E-state index is 12.1. The van der Waals surface area contributed by atoms with Crippen LogP contribution in [0.2, 0.25) is 0 Å². The molecule has 0 radical (unpaired) electrons. The molecule has 7 nitrogen and oxygen atoms in total. The highest BCUT2D eigenvalue weighted by atomic mass is 16.5. The molecular weight excluding hydrogens is 342 g/mol. The number of hydrogen-bond acceptors (Lipinski definition) is 4. The van der Waals surface area contributed by atoms with Gasteiger partial charge in [0.15, 0.2) is 0 Å². The first-order valence-electron chi connectivity index (χ1n) is 9.58. The molecular formula is C20H29N5O2. The van der Waals surface area contributed by atoms with Crippen molar-refractivity contribution in [2.24, 2.45) is 0 Å². The molecule has 146 valence electrons. The van der Waals surface area contributed by atoms with Crippen LogP contribution in [0.25, 0.3) is 0 Å². The SMILES string of the molecule is Cc1cnn(CCCNC(=O)NCc2ccccc2CN2CCOCC2)c1. The van der Waals surface area contributed by atoms with Crippen LogP contribution in [0.4, 0.5) is 4.79 Å². The Labute approximate surface area is 160 Å². The van der Waals surface area contributed by atoms with Crippen LogP contribution in [-0.2, 0) is 24.4 Å². The first kappa shape index (κ1) is 19.4. The van der Waals surface area contributed by atoms with Gasteiger partial charge in [0.2, 0.25) is 0 Å². The van der Waals surface area contributed by atoms with E-state index in [4.69, 9.17) is 4.74 Å². The molecule has 1 aliphatic rings. The van der Waals surface area contributed by atoms with Crippen molar-refractivity contribution in [3.8, 4) is 0 Å². The summed E-state index contributed by atoms with van der Waals surface area (Å²) in [7, 11) is 0. The lowest BCUT2D eigenvalue weighted by Gasteiger charge is -2.27. The van der Waals surface area contributed by atoms with Crippen LogP contribution in [0.3, 0.4) is 0 Å². The number of nitrogens with zero attached hydrogens (tertiary/aromatic N) is 3. The number of rotatable bonds is 8. The molecule has 2 amide bonds. The van der Waals surface area contributed by atoms with Crippen molar-refractivity contribution in [2.75, 3.05) is 32.8 Å². The molecule has 2 N–H and O–H groups in total. The molecule has 0 saturated carbocycles. The van der Waals surface area contributed by atoms with Crippen molar-refractivity contribution >= 4 is 6.03 Å². The molecule has 0 bridgehead atoms. The van der Waals surface area contributed by atoms with E-state index in [1.54, 1.807) is 0 Å². The number of nitrogens with one attached hydrogen (secondary N) is 2. The van der Waals surface area contributed by atoms with E-state index in [1.807, 2.05) is 30.1 Å². The summed E-state index contributed by atoms with van der Waals surface area (Å²) in [4.78, 5) is 14.4. The third-order valence-electron chi connectivity index (χ3n) is 4.67. The van der Waals surface area contributed by atoms with E-state index < -0.39 is 0 Å². The number of aryl methyl sites for hydroxylation is 2. The summed E-state index contributed by atoms with van der Waals surface area (Å²) in [6.45, 7) is 8.37. The Morgan fingerprint density at radius 2 is 1.96 bits per heavy atom. The first-order chi connectivity index (χ1) is 13.2. The van der Waals surface area contributed by atoms with Gasteiger partial charge in [-0.3, -0.25) is 9.58 Å². The Balaban J connectivity index is 1.39. The predicted molar refractivity (Wildman–Crippen MR) is 104 cm³/mol. The van der Waals surface area contributed by atoms with Crippen LogP contribution in [-0.4, -0.2) is 53.6 Å². The van der Waals surface area contributed by atoms with Crippen molar-refractivity contribution in [2.45, 2.75) is 33.0 Å². The average molecular weight is 371 g/mol. The van der Waals surface area contributed by atoms with Crippen molar-refractivity contribution in [1.29, 1.82) is 0 Å². The molecule has 3 rings (SSSR count). The van der Waals surface area contributed by atoms with Crippen LogP contribution in [0.1, 0.15) is 23.1 Å². The van der Waals surface area contributed by atoms with E-state index in [1.165, 1.54) is 5.56 Å². The van der Waals surface area contributed by atoms with Gasteiger partial charge < -0.3 is 15.4 Å². The minimum atomic E-state index is -0.132. The zero-order valence-corrected chi connectivity index (χ0v) is 16.0. The van der Waals surface area contributed by atoms with Gasteiger partial charge >= 0.3 is 6.03 Å². The number of urea groups is 1. The molecule has 2 aromatic rings. The summed E-state index contributed by atoms with van der Waals surface area (Å²) >= 11 is 0. The molecule has 27 heavy (non-hydrogen) atoms. The predicted octanol–water partition coefficient (Wildman–Crippen LogP) is 1.91. The number of ether oxygens (including phenoxy) is 1. The van der Waals surface area contributed by atoms with Crippen molar-refractivity contribution in [3.63, 3.8) is 0 Å². The third kappa shape index (κ3) is 6.37. The fourth-order valence-electron chi connectivity index (χ4n) is 3.15. The number of morpholine rings is 1. The van der Waals surface area contributed by atoms with Crippen LogP contribution in [0.5, 0.6) is 0 Å². The lowest BCUT2D eigenvalue weighted by molar-refractivity contribution is 0.0341. The lowest BCUT2D eigenvalue weighted by atomic mass is 10.1. The van der Waals surface area contributed by atoms with E-state index >= 15 is 0 Å². The zero-order chi connectivity index (χ0) is 18.9. The Kier molecular flexibility index (Phi) is 7.24. The second-order valence-electron chi connectivity index (χ2n) is 6.90. The normalized spacial score (nSPS) is 14.9. The number of aromatic nitrogens is 2. The topological polar surface area (TPSA) is 71.4 Å². The smallest absolute Gasteiger partial charge is 0.315 e. The quantitative estimate of drug-likeness (QED) is 0.696. The van der Waals surface area contributed by atoms with Crippen molar-refractivity contribution in [1.82, 2.24) is 25.3 Å². The van der Waals surface area contributed by atoms with Crippen LogP contribution >= 0.6 is 0 Å². The number of carbonyl (C=O) groups excluding carboxylic acids is 1. The van der Waals surface area contributed by atoms with Gasteiger partial charge in [0.25, 0.3) is 0 Å². The van der Waals surface area contributed by atoms with E-state index in [0.717, 1.165) is 56.9 Å². The first-order valence-corrected chi connectivity index (χ1v) is 9.58. The number of carbonyl (C=O) groups is 1. The Hall–Kier alpha value is -2.38. The van der Waals surface area contributed by atoms with Gasteiger partial charge in [-0.25, -0.2) is 4.79 Å². The van der Waals surface area contributed by atoms with Gasteiger partial charge in [0, 0.05) is 45.5 Å². The maximum Gasteiger partial charge on any atom is 0.315 e. The molecule has 0 aliphatic carbocycles. The highest BCUT2D eigenvalue weighted by molar-refractivity contribution is 5.73. The lowest BCUT2D eigenvalue weighted by Crippen LogP contribution is -2.37. The van der Waals surface area contributed by atoms with E-state index in [2.05, 4.69) is 38.8 Å². The average Bonchev–Trinajstić information content (AvgIpc) is 3.10. The van der Waals surface area contributed by atoms with Gasteiger partial charge in [0.1, 0.15) is 0 Å². The molecule has 1 saturated heterocycles. The summed E-state index contributed by atoms with van der Waals surface area (Å²) in [5, 5.41) is 10.1. The minimum Gasteiger partial charge on any atom is -0.379 e. The second kappa shape index (κ2) is 10.1. The summed E-state index contributed by atoms with van der Waals surface area (Å²) < 4.78 is 7.31. The zero-order valence-electron chi connectivity index (χ0n) is 16.0.